The minimum Gasteiger partial charge on any atom is -0.493 e. The number of ether oxygens (including phenoxy) is 1. The summed E-state index contributed by atoms with van der Waals surface area (Å²) in [6, 6.07) is 11.2. The van der Waals surface area contributed by atoms with Gasteiger partial charge in [-0.05, 0) is 34.7 Å². The van der Waals surface area contributed by atoms with Crippen LogP contribution in [0.15, 0.2) is 36.4 Å². The van der Waals surface area contributed by atoms with Gasteiger partial charge in [-0.25, -0.2) is 4.79 Å². The Morgan fingerprint density at radius 2 is 1.75 bits per heavy atom. The molecule has 106 valence electrons. The quantitative estimate of drug-likeness (QED) is 0.899. The summed E-state index contributed by atoms with van der Waals surface area (Å²) in [6.45, 7) is 6.92. The fraction of sp³-hybridized carbons (Fsp3) is 0.353. The molecule has 0 heterocycles. The maximum atomic E-state index is 11.3. The first-order valence-corrected chi connectivity index (χ1v) is 6.76. The Kier molecular flexibility index (Phi) is 3.98. The summed E-state index contributed by atoms with van der Waals surface area (Å²) >= 11 is 0. The number of carboxylic acids is 1. The molecular formula is C17H20O3. The monoisotopic (exact) mass is 272 g/mol. The van der Waals surface area contributed by atoms with Crippen LogP contribution in [0.3, 0.4) is 0 Å². The summed E-state index contributed by atoms with van der Waals surface area (Å²) in [5, 5.41) is 11.2. The number of hydrogen-bond acceptors (Lipinski definition) is 2. The molecule has 2 rings (SSSR count). The van der Waals surface area contributed by atoms with Gasteiger partial charge in [0.05, 0.1) is 6.61 Å². The second-order valence-corrected chi connectivity index (χ2v) is 6.16. The molecule has 0 amide bonds. The van der Waals surface area contributed by atoms with Crippen molar-refractivity contribution < 1.29 is 14.6 Å². The van der Waals surface area contributed by atoms with E-state index >= 15 is 0 Å². The Morgan fingerprint density at radius 1 is 1.15 bits per heavy atom. The van der Waals surface area contributed by atoms with E-state index in [0.29, 0.717) is 12.4 Å². The molecule has 0 aliphatic rings. The summed E-state index contributed by atoms with van der Waals surface area (Å²) < 4.78 is 5.70. The van der Waals surface area contributed by atoms with E-state index in [1.165, 1.54) is 0 Å². The SMILES string of the molecule is CC(C)(C)CCOc1cc2ccccc2cc1C(=O)O. The molecule has 0 saturated heterocycles. The average Bonchev–Trinajstić information content (AvgIpc) is 2.36. The van der Waals surface area contributed by atoms with Crippen molar-refractivity contribution in [3.05, 3.63) is 42.0 Å². The number of benzene rings is 2. The summed E-state index contributed by atoms with van der Waals surface area (Å²) in [5.41, 5.74) is 0.387. The topological polar surface area (TPSA) is 46.5 Å². The van der Waals surface area contributed by atoms with Crippen LogP contribution in [0.5, 0.6) is 5.75 Å². The lowest BCUT2D eigenvalue weighted by atomic mass is 9.93. The molecule has 0 radical (unpaired) electrons. The van der Waals surface area contributed by atoms with Crippen LogP contribution in [0.25, 0.3) is 10.8 Å². The van der Waals surface area contributed by atoms with Crippen LogP contribution in [0.4, 0.5) is 0 Å². The zero-order valence-corrected chi connectivity index (χ0v) is 12.1. The third-order valence-electron chi connectivity index (χ3n) is 3.19. The van der Waals surface area contributed by atoms with Gasteiger partial charge >= 0.3 is 5.97 Å². The molecule has 3 nitrogen and oxygen atoms in total. The number of carboxylic acid groups (broad SMARTS) is 1. The fourth-order valence-corrected chi connectivity index (χ4v) is 1.97. The van der Waals surface area contributed by atoms with Gasteiger partial charge in [0.1, 0.15) is 11.3 Å². The lowest BCUT2D eigenvalue weighted by molar-refractivity contribution is 0.0692. The van der Waals surface area contributed by atoms with Crippen LogP contribution in [0.1, 0.15) is 37.6 Å². The number of fused-ring (bicyclic) bond motifs is 1. The molecular weight excluding hydrogens is 252 g/mol. The predicted octanol–water partition coefficient (Wildman–Crippen LogP) is 4.35. The van der Waals surface area contributed by atoms with Crippen molar-refractivity contribution in [2.24, 2.45) is 5.41 Å². The van der Waals surface area contributed by atoms with Crippen LogP contribution in [-0.2, 0) is 0 Å². The van der Waals surface area contributed by atoms with Crippen molar-refractivity contribution in [2.45, 2.75) is 27.2 Å². The molecule has 0 atom stereocenters. The fourth-order valence-electron chi connectivity index (χ4n) is 1.97. The van der Waals surface area contributed by atoms with Gasteiger partial charge in [0, 0.05) is 0 Å². The molecule has 0 saturated carbocycles. The third-order valence-corrected chi connectivity index (χ3v) is 3.19. The summed E-state index contributed by atoms with van der Waals surface area (Å²) in [4.78, 5) is 11.3. The van der Waals surface area contributed by atoms with Crippen LogP contribution in [0.2, 0.25) is 0 Å². The molecule has 0 aromatic heterocycles. The zero-order valence-electron chi connectivity index (χ0n) is 12.1. The zero-order chi connectivity index (χ0) is 14.8. The Labute approximate surface area is 119 Å². The normalized spacial score (nSPS) is 11.6. The highest BCUT2D eigenvalue weighted by molar-refractivity contribution is 5.97. The maximum Gasteiger partial charge on any atom is 0.339 e. The molecule has 0 fully saturated rings. The Bertz CT molecular complexity index is 624. The summed E-state index contributed by atoms with van der Waals surface area (Å²) in [7, 11) is 0. The largest absolute Gasteiger partial charge is 0.493 e. The third kappa shape index (κ3) is 3.50. The number of rotatable bonds is 4. The van der Waals surface area contributed by atoms with E-state index in [2.05, 4.69) is 20.8 Å². The van der Waals surface area contributed by atoms with Gasteiger partial charge in [0.2, 0.25) is 0 Å². The molecule has 0 bridgehead atoms. The highest BCUT2D eigenvalue weighted by atomic mass is 16.5. The first-order valence-electron chi connectivity index (χ1n) is 6.76. The number of carbonyl (C=O) groups is 1. The van der Waals surface area contributed by atoms with Crippen molar-refractivity contribution in [3.63, 3.8) is 0 Å². The lowest BCUT2D eigenvalue weighted by Gasteiger charge is -2.19. The summed E-state index contributed by atoms with van der Waals surface area (Å²) in [6.07, 6.45) is 0.874. The molecule has 2 aromatic carbocycles. The highest BCUT2D eigenvalue weighted by Gasteiger charge is 2.15. The molecule has 0 unspecified atom stereocenters. The standard InChI is InChI=1S/C17H20O3/c1-17(2,3)8-9-20-15-11-13-7-5-4-6-12(13)10-14(15)16(18)19/h4-7,10-11H,8-9H2,1-3H3,(H,18,19). The minimum absolute atomic E-state index is 0.167. The van der Waals surface area contributed by atoms with E-state index in [1.807, 2.05) is 24.3 Å². The second-order valence-electron chi connectivity index (χ2n) is 6.16. The first-order chi connectivity index (χ1) is 9.37. The van der Waals surface area contributed by atoms with E-state index in [4.69, 9.17) is 4.74 Å². The van der Waals surface area contributed by atoms with Crippen LogP contribution < -0.4 is 4.74 Å². The smallest absolute Gasteiger partial charge is 0.339 e. The number of aromatic carboxylic acids is 1. The molecule has 0 aliphatic carbocycles. The second kappa shape index (κ2) is 5.53. The van der Waals surface area contributed by atoms with E-state index in [0.717, 1.165) is 17.2 Å². The van der Waals surface area contributed by atoms with Gasteiger partial charge in [-0.2, -0.15) is 0 Å². The van der Waals surface area contributed by atoms with Crippen LogP contribution >= 0.6 is 0 Å². The van der Waals surface area contributed by atoms with Crippen molar-refractivity contribution >= 4 is 16.7 Å². The maximum absolute atomic E-state index is 11.3. The first kappa shape index (κ1) is 14.4. The van der Waals surface area contributed by atoms with Gasteiger partial charge in [0.25, 0.3) is 0 Å². The number of hydrogen-bond donors (Lipinski definition) is 1. The van der Waals surface area contributed by atoms with E-state index in [9.17, 15) is 9.90 Å². The van der Waals surface area contributed by atoms with Gasteiger partial charge < -0.3 is 9.84 Å². The molecule has 20 heavy (non-hydrogen) atoms. The van der Waals surface area contributed by atoms with Crippen molar-refractivity contribution in [1.82, 2.24) is 0 Å². The minimum atomic E-state index is -0.957. The molecule has 3 heteroatoms. The Balaban J connectivity index is 2.30. The van der Waals surface area contributed by atoms with Gasteiger partial charge in [-0.1, -0.05) is 45.0 Å². The Hall–Kier alpha value is -2.03. The average molecular weight is 272 g/mol. The van der Waals surface area contributed by atoms with E-state index in [-0.39, 0.29) is 11.0 Å². The van der Waals surface area contributed by atoms with Crippen molar-refractivity contribution in [2.75, 3.05) is 6.61 Å². The van der Waals surface area contributed by atoms with E-state index in [1.54, 1.807) is 12.1 Å². The van der Waals surface area contributed by atoms with Gasteiger partial charge in [0.15, 0.2) is 0 Å². The lowest BCUT2D eigenvalue weighted by Crippen LogP contribution is -2.12. The summed E-state index contributed by atoms with van der Waals surface area (Å²) in [5.74, 6) is -0.512. The Morgan fingerprint density at radius 3 is 2.30 bits per heavy atom. The molecule has 0 aliphatic heterocycles. The molecule has 0 spiro atoms. The van der Waals surface area contributed by atoms with Crippen LogP contribution in [0, 0.1) is 5.41 Å². The van der Waals surface area contributed by atoms with Gasteiger partial charge in [-0.15, -0.1) is 0 Å². The van der Waals surface area contributed by atoms with Crippen molar-refractivity contribution in [3.8, 4) is 5.75 Å². The predicted molar refractivity (Wildman–Crippen MR) is 80.5 cm³/mol. The van der Waals surface area contributed by atoms with E-state index < -0.39 is 5.97 Å². The highest BCUT2D eigenvalue weighted by Crippen LogP contribution is 2.27. The van der Waals surface area contributed by atoms with Crippen LogP contribution in [-0.4, -0.2) is 17.7 Å². The van der Waals surface area contributed by atoms with Gasteiger partial charge in [-0.3, -0.25) is 0 Å². The van der Waals surface area contributed by atoms with Crippen molar-refractivity contribution in [1.29, 1.82) is 0 Å². The molecule has 1 N–H and O–H groups in total. The molecule has 2 aromatic rings.